The van der Waals surface area contributed by atoms with Crippen LogP contribution in [0, 0.1) is 0 Å². The van der Waals surface area contributed by atoms with E-state index in [4.69, 9.17) is 5.73 Å². The van der Waals surface area contributed by atoms with Gasteiger partial charge in [0.05, 0.1) is 5.69 Å². The van der Waals surface area contributed by atoms with Gasteiger partial charge in [0, 0.05) is 12.3 Å². The molecule has 0 saturated heterocycles. The number of phenols is 2. The minimum atomic E-state index is -3.93. The van der Waals surface area contributed by atoms with E-state index in [0.717, 1.165) is 6.07 Å². The molecule has 0 aliphatic heterocycles. The molecule has 2 rings (SSSR count). The molecule has 1 aromatic carbocycles. The second-order valence-electron chi connectivity index (χ2n) is 4.21. The van der Waals surface area contributed by atoms with Crippen LogP contribution in [0.15, 0.2) is 35.4 Å². The molecule has 0 bridgehead atoms. The predicted molar refractivity (Wildman–Crippen MR) is 77.4 cm³/mol. The van der Waals surface area contributed by atoms with Gasteiger partial charge in [-0.15, -0.1) is 0 Å². The molecule has 0 saturated carbocycles. The number of aromatic hydroxyl groups is 2. The lowest BCUT2D eigenvalue weighted by molar-refractivity contribution is 0.404. The number of benzene rings is 1. The van der Waals surface area contributed by atoms with Crippen molar-refractivity contribution in [1.29, 1.82) is 0 Å². The SMILES string of the molecule is Bc1cnc(N)c(S(=O)(=O)Nc2ccc(O)c(O)c2)c1. The quantitative estimate of drug-likeness (QED) is 0.331. The number of hydrogen-bond donors (Lipinski definition) is 4. The molecule has 1 aromatic heterocycles. The van der Waals surface area contributed by atoms with E-state index in [2.05, 4.69) is 9.71 Å². The van der Waals surface area contributed by atoms with Crippen molar-refractivity contribution in [2.45, 2.75) is 4.90 Å². The highest BCUT2D eigenvalue weighted by Crippen LogP contribution is 2.28. The van der Waals surface area contributed by atoms with Crippen LogP contribution in [0.25, 0.3) is 0 Å². The summed E-state index contributed by atoms with van der Waals surface area (Å²) in [6.07, 6.45) is 1.46. The van der Waals surface area contributed by atoms with E-state index in [1.807, 2.05) is 0 Å². The van der Waals surface area contributed by atoms with E-state index in [1.165, 1.54) is 24.4 Å². The highest BCUT2D eigenvalue weighted by molar-refractivity contribution is 7.92. The topological polar surface area (TPSA) is 126 Å². The zero-order chi connectivity index (χ0) is 14.9. The van der Waals surface area contributed by atoms with Crippen molar-refractivity contribution in [3.8, 4) is 11.5 Å². The average Bonchev–Trinajstić information content (AvgIpc) is 2.36. The molecule has 0 spiro atoms. The first-order valence-corrected chi connectivity index (χ1v) is 7.05. The van der Waals surface area contributed by atoms with Crippen LogP contribution in [0.5, 0.6) is 11.5 Å². The van der Waals surface area contributed by atoms with E-state index < -0.39 is 15.8 Å². The number of anilines is 2. The third-order valence-corrected chi connectivity index (χ3v) is 3.95. The zero-order valence-corrected chi connectivity index (χ0v) is 11.3. The summed E-state index contributed by atoms with van der Waals surface area (Å²) < 4.78 is 26.6. The summed E-state index contributed by atoms with van der Waals surface area (Å²) in [6.45, 7) is 0. The van der Waals surface area contributed by atoms with E-state index in [1.54, 1.807) is 7.85 Å². The second-order valence-corrected chi connectivity index (χ2v) is 5.86. The normalized spacial score (nSPS) is 11.2. The van der Waals surface area contributed by atoms with E-state index in [9.17, 15) is 18.6 Å². The Hall–Kier alpha value is -2.42. The highest BCUT2D eigenvalue weighted by atomic mass is 32.2. The number of nitrogens with two attached hydrogens (primary N) is 1. The van der Waals surface area contributed by atoms with Crippen molar-refractivity contribution in [2.75, 3.05) is 10.5 Å². The molecule has 7 nitrogen and oxygen atoms in total. The minimum absolute atomic E-state index is 0.0983. The van der Waals surface area contributed by atoms with Crippen LogP contribution in [0.1, 0.15) is 0 Å². The summed E-state index contributed by atoms with van der Waals surface area (Å²) in [4.78, 5) is 3.64. The van der Waals surface area contributed by atoms with Crippen LogP contribution in [-0.4, -0.2) is 31.5 Å². The largest absolute Gasteiger partial charge is 0.504 e. The first-order valence-electron chi connectivity index (χ1n) is 5.56. The number of rotatable bonds is 3. The summed E-state index contributed by atoms with van der Waals surface area (Å²) in [6, 6.07) is 4.97. The molecule has 1 heterocycles. The molecular formula is C11H12BN3O4S. The Bertz CT molecular complexity index is 764. The predicted octanol–water partition coefficient (Wildman–Crippen LogP) is -0.866. The number of nitrogens with zero attached hydrogens (tertiary/aromatic N) is 1. The van der Waals surface area contributed by atoms with E-state index in [0.29, 0.717) is 5.46 Å². The molecule has 0 atom stereocenters. The number of phenolic OH excluding ortho intramolecular Hbond substituents is 2. The summed E-state index contributed by atoms with van der Waals surface area (Å²) in [5.74, 6) is -0.892. The first-order chi connectivity index (χ1) is 9.29. The van der Waals surface area contributed by atoms with Crippen LogP contribution >= 0.6 is 0 Å². The van der Waals surface area contributed by atoms with E-state index >= 15 is 0 Å². The molecule has 5 N–H and O–H groups in total. The van der Waals surface area contributed by atoms with Crippen LogP contribution in [0.2, 0.25) is 0 Å². The van der Waals surface area contributed by atoms with Crippen molar-refractivity contribution in [3.05, 3.63) is 30.5 Å². The summed E-state index contributed by atoms with van der Waals surface area (Å²) in [7, 11) is -2.23. The molecule has 0 unspecified atom stereocenters. The lowest BCUT2D eigenvalue weighted by atomic mass is 9.99. The van der Waals surface area contributed by atoms with Gasteiger partial charge in [0.1, 0.15) is 18.6 Å². The molecule has 0 amide bonds. The molecule has 0 aliphatic rings. The number of sulfonamides is 1. The summed E-state index contributed by atoms with van der Waals surface area (Å²) >= 11 is 0. The molecule has 0 radical (unpaired) electrons. The zero-order valence-electron chi connectivity index (χ0n) is 10.5. The molecule has 2 aromatic rings. The Balaban J connectivity index is 2.40. The van der Waals surface area contributed by atoms with Gasteiger partial charge in [-0.1, -0.05) is 5.46 Å². The highest BCUT2D eigenvalue weighted by Gasteiger charge is 2.19. The van der Waals surface area contributed by atoms with Crippen molar-refractivity contribution >= 4 is 34.8 Å². The van der Waals surface area contributed by atoms with Gasteiger partial charge < -0.3 is 15.9 Å². The molecule has 0 fully saturated rings. The van der Waals surface area contributed by atoms with Gasteiger partial charge in [0.15, 0.2) is 11.5 Å². The molecule has 104 valence electrons. The van der Waals surface area contributed by atoms with Gasteiger partial charge in [-0.05, 0) is 18.2 Å². The Morgan fingerprint density at radius 1 is 1.20 bits per heavy atom. The van der Waals surface area contributed by atoms with Crippen molar-refractivity contribution in [1.82, 2.24) is 4.98 Å². The monoisotopic (exact) mass is 293 g/mol. The maximum Gasteiger partial charge on any atom is 0.265 e. The fraction of sp³-hybridized carbons (Fsp3) is 0. The van der Waals surface area contributed by atoms with Crippen LogP contribution < -0.4 is 15.9 Å². The van der Waals surface area contributed by atoms with Crippen molar-refractivity contribution in [3.63, 3.8) is 0 Å². The van der Waals surface area contributed by atoms with Gasteiger partial charge in [-0.25, -0.2) is 13.4 Å². The van der Waals surface area contributed by atoms with Crippen LogP contribution in [0.3, 0.4) is 0 Å². The number of pyridine rings is 1. The number of hydrogen-bond acceptors (Lipinski definition) is 6. The van der Waals surface area contributed by atoms with Crippen LogP contribution in [0.4, 0.5) is 11.5 Å². The standard InChI is InChI=1S/C11H12BN3O4S/c12-6-3-10(11(13)14-5-6)20(18,19)15-7-1-2-8(16)9(17)4-7/h1-5,15-17H,12H2,(H2,13,14). The van der Waals surface area contributed by atoms with Gasteiger partial charge in [-0.2, -0.15) is 0 Å². The van der Waals surface area contributed by atoms with Gasteiger partial charge >= 0.3 is 0 Å². The lowest BCUT2D eigenvalue weighted by Gasteiger charge is -2.10. The number of aromatic nitrogens is 1. The van der Waals surface area contributed by atoms with Gasteiger partial charge in [0.25, 0.3) is 10.0 Å². The lowest BCUT2D eigenvalue weighted by Crippen LogP contribution is -2.18. The van der Waals surface area contributed by atoms with Crippen molar-refractivity contribution in [2.24, 2.45) is 0 Å². The maximum absolute atomic E-state index is 12.2. The third kappa shape index (κ3) is 2.77. The Morgan fingerprint density at radius 3 is 2.55 bits per heavy atom. The third-order valence-electron chi connectivity index (χ3n) is 2.54. The molecule has 0 aliphatic carbocycles. The Morgan fingerprint density at radius 2 is 1.90 bits per heavy atom. The molecule has 20 heavy (non-hydrogen) atoms. The molecular weight excluding hydrogens is 281 g/mol. The Labute approximate surface area is 116 Å². The molecule has 9 heteroatoms. The van der Waals surface area contributed by atoms with Crippen LogP contribution in [-0.2, 0) is 10.0 Å². The van der Waals surface area contributed by atoms with Crippen molar-refractivity contribution < 1.29 is 18.6 Å². The first kappa shape index (κ1) is 14.0. The Kier molecular flexibility index (Phi) is 3.45. The average molecular weight is 293 g/mol. The summed E-state index contributed by atoms with van der Waals surface area (Å²) in [5, 5.41) is 18.5. The van der Waals surface area contributed by atoms with Gasteiger partial charge in [-0.3, -0.25) is 4.72 Å². The second kappa shape index (κ2) is 4.93. The van der Waals surface area contributed by atoms with Gasteiger partial charge in [0.2, 0.25) is 0 Å². The number of nitrogen functional groups attached to an aromatic ring is 1. The smallest absolute Gasteiger partial charge is 0.265 e. The fourth-order valence-electron chi connectivity index (χ4n) is 1.57. The summed E-state index contributed by atoms with van der Waals surface area (Å²) in [5.41, 5.74) is 6.31. The maximum atomic E-state index is 12.2. The fourth-order valence-corrected chi connectivity index (χ4v) is 2.78. The minimum Gasteiger partial charge on any atom is -0.504 e. The number of nitrogens with one attached hydrogen (secondary N) is 1. The van der Waals surface area contributed by atoms with E-state index in [-0.39, 0.29) is 22.2 Å².